The van der Waals surface area contributed by atoms with E-state index in [2.05, 4.69) is 58.2 Å². The summed E-state index contributed by atoms with van der Waals surface area (Å²) < 4.78 is 8.69. The topological polar surface area (TPSA) is 104 Å². The van der Waals surface area contributed by atoms with Gasteiger partial charge in [0.25, 0.3) is 0 Å². The first kappa shape index (κ1) is 31.5. The Balaban J connectivity index is 1.52. The Morgan fingerprint density at radius 1 is 1.00 bits per heavy atom. The van der Waals surface area contributed by atoms with Crippen LogP contribution < -0.4 is 5.32 Å². The van der Waals surface area contributed by atoms with Crippen LogP contribution in [0.25, 0.3) is 10.9 Å². The molecule has 42 heavy (non-hydrogen) atoms. The van der Waals surface area contributed by atoms with Crippen molar-refractivity contribution in [3.05, 3.63) is 101 Å². The molecule has 224 valence electrons. The van der Waals surface area contributed by atoms with Crippen LogP contribution in [0.3, 0.4) is 0 Å². The lowest BCUT2D eigenvalue weighted by atomic mass is 10.0. The van der Waals surface area contributed by atoms with Gasteiger partial charge in [-0.25, -0.2) is 4.79 Å². The van der Waals surface area contributed by atoms with E-state index in [0.717, 1.165) is 34.0 Å². The van der Waals surface area contributed by atoms with Gasteiger partial charge >= 0.3 is 5.97 Å². The normalized spacial score (nSPS) is 13.8. The van der Waals surface area contributed by atoms with Gasteiger partial charge in [0.15, 0.2) is 8.32 Å². The molecular formula is C34H44N2O5Si. The maximum Gasteiger partial charge on any atom is 0.352 e. The molecule has 4 aromatic rings. The van der Waals surface area contributed by atoms with Gasteiger partial charge in [-0.1, -0.05) is 63.2 Å². The molecule has 8 heteroatoms. The Morgan fingerprint density at radius 2 is 1.71 bits per heavy atom. The lowest BCUT2D eigenvalue weighted by Gasteiger charge is -2.40. The van der Waals surface area contributed by atoms with E-state index in [4.69, 9.17) is 4.43 Å². The van der Waals surface area contributed by atoms with Crippen LogP contribution in [0, 0.1) is 0 Å². The van der Waals surface area contributed by atoms with E-state index in [9.17, 15) is 20.1 Å². The maximum absolute atomic E-state index is 12.1. The van der Waals surface area contributed by atoms with Gasteiger partial charge in [0.1, 0.15) is 11.4 Å². The highest BCUT2D eigenvalue weighted by molar-refractivity contribution is 6.74. The zero-order valence-corrected chi connectivity index (χ0v) is 26.5. The summed E-state index contributed by atoms with van der Waals surface area (Å²) in [6, 6.07) is 23.3. The average Bonchev–Trinajstić information content (AvgIpc) is 3.29. The Morgan fingerprint density at radius 3 is 2.36 bits per heavy atom. The SMILES string of the molecule is C[C@H](Cc1ccc2c(c1)cc(C(=O)O)n2Cc1ccccc1)NC[C@H](O[Si](C)(C)C(C)(C)C)c1ccc(O)c(CO)c1. The van der Waals surface area contributed by atoms with Gasteiger partial charge in [0, 0.05) is 35.6 Å². The molecule has 0 bridgehead atoms. The van der Waals surface area contributed by atoms with Crippen molar-refractivity contribution in [3.8, 4) is 5.75 Å². The third-order valence-electron chi connectivity index (χ3n) is 8.45. The van der Waals surface area contributed by atoms with E-state index in [1.54, 1.807) is 12.1 Å². The number of aromatic nitrogens is 1. The number of rotatable bonds is 12. The monoisotopic (exact) mass is 588 g/mol. The van der Waals surface area contributed by atoms with Crippen LogP contribution in [0.2, 0.25) is 18.1 Å². The third-order valence-corrected chi connectivity index (χ3v) is 12.9. The summed E-state index contributed by atoms with van der Waals surface area (Å²) in [5.74, 6) is -0.863. The number of fused-ring (bicyclic) bond motifs is 1. The first-order valence-electron chi connectivity index (χ1n) is 14.5. The number of hydrogen-bond donors (Lipinski definition) is 4. The molecule has 0 spiro atoms. The minimum atomic E-state index is -2.12. The fraction of sp³-hybridized carbons (Fsp3) is 0.382. The molecule has 0 saturated carbocycles. The molecule has 0 saturated heterocycles. The first-order chi connectivity index (χ1) is 19.8. The summed E-state index contributed by atoms with van der Waals surface area (Å²) in [5, 5.41) is 34.3. The van der Waals surface area contributed by atoms with E-state index in [1.807, 2.05) is 53.1 Å². The molecule has 0 fully saturated rings. The second kappa shape index (κ2) is 12.8. The summed E-state index contributed by atoms with van der Waals surface area (Å²) in [5.41, 5.74) is 4.75. The van der Waals surface area contributed by atoms with Crippen LogP contribution in [0.1, 0.15) is 66.5 Å². The molecule has 0 unspecified atom stereocenters. The second-order valence-corrected chi connectivity index (χ2v) is 17.5. The number of phenols is 1. The zero-order chi connectivity index (χ0) is 30.7. The largest absolute Gasteiger partial charge is 0.508 e. The van der Waals surface area contributed by atoms with Crippen molar-refractivity contribution in [1.29, 1.82) is 0 Å². The quantitative estimate of drug-likeness (QED) is 0.135. The lowest BCUT2D eigenvalue weighted by molar-refractivity contribution is 0.0686. The smallest absolute Gasteiger partial charge is 0.352 e. The van der Waals surface area contributed by atoms with E-state index in [-0.39, 0.29) is 35.2 Å². The molecule has 0 aliphatic heterocycles. The number of nitrogens with one attached hydrogen (secondary N) is 1. The molecule has 0 aliphatic rings. The summed E-state index contributed by atoms with van der Waals surface area (Å²) in [4.78, 5) is 12.1. The predicted molar refractivity (Wildman–Crippen MR) is 171 cm³/mol. The summed E-state index contributed by atoms with van der Waals surface area (Å²) in [6.07, 6.45) is 0.513. The number of carbonyl (C=O) groups is 1. The molecule has 0 radical (unpaired) electrons. The third kappa shape index (κ3) is 7.31. The van der Waals surface area contributed by atoms with Crippen molar-refractivity contribution < 1.29 is 24.5 Å². The summed E-state index contributed by atoms with van der Waals surface area (Å²) in [6.45, 7) is 14.0. The zero-order valence-electron chi connectivity index (χ0n) is 25.5. The standard InChI is InChI=1S/C34H44N2O5Si/c1-23(35-20-32(41-42(5,6)34(2,3)4)26-13-15-31(38)28(18-26)22-37)16-25-12-14-29-27(17-25)19-30(33(39)40)36(29)21-24-10-8-7-9-11-24/h7-15,17-19,23,32,35,37-38H,16,20-22H2,1-6H3,(H,39,40)/t23-,32+/m1/s1. The Hall–Kier alpha value is -3.43. The predicted octanol–water partition coefficient (Wildman–Crippen LogP) is 6.87. The fourth-order valence-electron chi connectivity index (χ4n) is 4.99. The Labute approximate surface area is 249 Å². The number of aromatic hydroxyl groups is 1. The van der Waals surface area contributed by atoms with Crippen LogP contribution in [-0.4, -0.2) is 46.8 Å². The van der Waals surface area contributed by atoms with Crippen molar-refractivity contribution in [1.82, 2.24) is 9.88 Å². The molecule has 3 aromatic carbocycles. The van der Waals surface area contributed by atoms with Crippen molar-refractivity contribution in [2.45, 2.75) is 77.5 Å². The number of hydrogen-bond acceptors (Lipinski definition) is 5. The minimum absolute atomic E-state index is 0.0225. The van der Waals surface area contributed by atoms with E-state index in [1.165, 1.54) is 0 Å². The fourth-order valence-corrected chi connectivity index (χ4v) is 6.27. The van der Waals surface area contributed by atoms with Gasteiger partial charge < -0.3 is 29.6 Å². The van der Waals surface area contributed by atoms with Gasteiger partial charge in [-0.2, -0.15) is 0 Å². The molecule has 4 rings (SSSR count). The molecule has 1 heterocycles. The van der Waals surface area contributed by atoms with Crippen molar-refractivity contribution in [2.24, 2.45) is 0 Å². The van der Waals surface area contributed by atoms with Gasteiger partial charge in [-0.15, -0.1) is 0 Å². The van der Waals surface area contributed by atoms with Crippen molar-refractivity contribution in [2.75, 3.05) is 6.54 Å². The number of nitrogens with zero attached hydrogens (tertiary/aromatic N) is 1. The number of aromatic carboxylic acids is 1. The molecule has 2 atom stereocenters. The summed E-state index contributed by atoms with van der Waals surface area (Å²) in [7, 11) is -2.12. The first-order valence-corrected chi connectivity index (χ1v) is 17.4. The number of carboxylic acid groups (broad SMARTS) is 1. The Kier molecular flexibility index (Phi) is 9.62. The maximum atomic E-state index is 12.1. The number of aliphatic hydroxyl groups is 1. The van der Waals surface area contributed by atoms with E-state index < -0.39 is 14.3 Å². The van der Waals surface area contributed by atoms with Gasteiger partial charge in [0.2, 0.25) is 0 Å². The minimum Gasteiger partial charge on any atom is -0.508 e. The van der Waals surface area contributed by atoms with E-state index >= 15 is 0 Å². The van der Waals surface area contributed by atoms with Crippen LogP contribution in [0.5, 0.6) is 5.75 Å². The second-order valence-electron chi connectivity index (χ2n) is 12.7. The number of aliphatic hydroxyl groups excluding tert-OH is 1. The lowest BCUT2D eigenvalue weighted by Crippen LogP contribution is -2.44. The molecule has 7 nitrogen and oxygen atoms in total. The molecule has 0 amide bonds. The van der Waals surface area contributed by atoms with Gasteiger partial charge in [-0.3, -0.25) is 0 Å². The highest BCUT2D eigenvalue weighted by atomic mass is 28.4. The van der Waals surface area contributed by atoms with E-state index in [0.29, 0.717) is 18.7 Å². The molecule has 4 N–H and O–H groups in total. The van der Waals surface area contributed by atoms with Gasteiger partial charge in [0.05, 0.1) is 12.7 Å². The highest BCUT2D eigenvalue weighted by Gasteiger charge is 2.39. The number of carboxylic acids is 1. The van der Waals surface area contributed by atoms with Crippen molar-refractivity contribution >= 4 is 25.2 Å². The number of benzene rings is 3. The molecule has 0 aliphatic carbocycles. The van der Waals surface area contributed by atoms with Gasteiger partial charge in [-0.05, 0) is 78.5 Å². The van der Waals surface area contributed by atoms with Crippen LogP contribution in [0.4, 0.5) is 0 Å². The van der Waals surface area contributed by atoms with Crippen LogP contribution in [0.15, 0.2) is 72.8 Å². The average molecular weight is 589 g/mol. The van der Waals surface area contributed by atoms with Crippen molar-refractivity contribution in [3.63, 3.8) is 0 Å². The highest BCUT2D eigenvalue weighted by Crippen LogP contribution is 2.40. The van der Waals surface area contributed by atoms with Crippen LogP contribution in [-0.2, 0) is 24.0 Å². The molecule has 1 aromatic heterocycles. The Bertz CT molecular complexity index is 1520. The molecular weight excluding hydrogens is 544 g/mol. The summed E-state index contributed by atoms with van der Waals surface area (Å²) >= 11 is 0. The van der Waals surface area contributed by atoms with Crippen LogP contribution >= 0.6 is 0 Å².